The topological polar surface area (TPSA) is 82.0 Å². The van der Waals surface area contributed by atoms with Crippen LogP contribution in [-0.4, -0.2) is 15.9 Å². The number of nitrogens with zero attached hydrogens (tertiary/aromatic N) is 2. The molecule has 0 radical (unpaired) electrons. The third-order valence-corrected chi connectivity index (χ3v) is 3.33. The van der Waals surface area contributed by atoms with E-state index in [-0.39, 0.29) is 22.6 Å². The normalized spacial score (nSPS) is 12.8. The molecule has 0 amide bonds. The van der Waals surface area contributed by atoms with E-state index in [4.69, 9.17) is 5.73 Å². The zero-order chi connectivity index (χ0) is 14.0. The molecule has 100 valence electrons. The summed E-state index contributed by atoms with van der Waals surface area (Å²) in [5.41, 5.74) is 7.46. The van der Waals surface area contributed by atoms with Gasteiger partial charge in [-0.25, -0.2) is 0 Å². The molecule has 0 spiro atoms. The number of nitro benzene ring substituents is 1. The molecule has 0 bridgehead atoms. The standard InChI is InChI=1S/C14H17N3O2/c1-9(2)12(15)8-10-5-6-13-11(4-3-7-16-13)14(10)17(18)19/h3-7,9,12H,8,15H2,1-2H3. The maximum atomic E-state index is 11.3. The minimum absolute atomic E-state index is 0.0900. The zero-order valence-corrected chi connectivity index (χ0v) is 11.0. The zero-order valence-electron chi connectivity index (χ0n) is 11.0. The van der Waals surface area contributed by atoms with Gasteiger partial charge in [-0.3, -0.25) is 15.1 Å². The summed E-state index contributed by atoms with van der Waals surface area (Å²) in [5.74, 6) is 0.282. The number of aromatic nitrogens is 1. The van der Waals surface area contributed by atoms with Crippen molar-refractivity contribution < 1.29 is 4.92 Å². The van der Waals surface area contributed by atoms with Gasteiger partial charge in [-0.15, -0.1) is 0 Å². The van der Waals surface area contributed by atoms with Crippen LogP contribution >= 0.6 is 0 Å². The molecule has 0 aliphatic rings. The number of fused-ring (bicyclic) bond motifs is 1. The van der Waals surface area contributed by atoms with Crippen molar-refractivity contribution in [2.24, 2.45) is 11.7 Å². The first-order chi connectivity index (χ1) is 9.00. The van der Waals surface area contributed by atoms with Gasteiger partial charge in [-0.1, -0.05) is 13.8 Å². The van der Waals surface area contributed by atoms with Gasteiger partial charge in [0.05, 0.1) is 15.8 Å². The summed E-state index contributed by atoms with van der Waals surface area (Å²) in [5, 5.41) is 11.9. The largest absolute Gasteiger partial charge is 0.327 e. The number of benzene rings is 1. The van der Waals surface area contributed by atoms with Crippen LogP contribution in [0.4, 0.5) is 5.69 Å². The van der Waals surface area contributed by atoms with Gasteiger partial charge in [0.2, 0.25) is 0 Å². The molecular weight excluding hydrogens is 242 g/mol. The molecule has 5 heteroatoms. The molecular formula is C14H17N3O2. The van der Waals surface area contributed by atoms with Crippen LogP contribution in [0.3, 0.4) is 0 Å². The molecule has 0 aliphatic carbocycles. The third-order valence-electron chi connectivity index (χ3n) is 3.33. The Balaban J connectivity index is 2.55. The van der Waals surface area contributed by atoms with Crippen LogP contribution in [0, 0.1) is 16.0 Å². The molecule has 1 heterocycles. The Morgan fingerprint density at radius 1 is 1.37 bits per heavy atom. The second-order valence-electron chi connectivity index (χ2n) is 5.01. The van der Waals surface area contributed by atoms with Gasteiger partial charge < -0.3 is 5.73 Å². The number of pyridine rings is 1. The van der Waals surface area contributed by atoms with Gasteiger partial charge in [-0.05, 0) is 36.6 Å². The van der Waals surface area contributed by atoms with Crippen molar-refractivity contribution in [3.05, 3.63) is 46.1 Å². The highest BCUT2D eigenvalue weighted by molar-refractivity contribution is 5.89. The predicted octanol–water partition coefficient (Wildman–Crippen LogP) is 2.67. The highest BCUT2D eigenvalue weighted by Crippen LogP contribution is 2.29. The molecule has 1 aromatic heterocycles. The first kappa shape index (κ1) is 13.4. The summed E-state index contributed by atoms with van der Waals surface area (Å²) in [6.45, 7) is 4.03. The van der Waals surface area contributed by atoms with Gasteiger partial charge in [0.1, 0.15) is 0 Å². The second kappa shape index (κ2) is 5.32. The number of nitrogens with two attached hydrogens (primary N) is 1. The Morgan fingerprint density at radius 3 is 2.74 bits per heavy atom. The molecule has 1 unspecified atom stereocenters. The monoisotopic (exact) mass is 259 g/mol. The minimum atomic E-state index is -0.341. The molecule has 19 heavy (non-hydrogen) atoms. The van der Waals surface area contributed by atoms with E-state index in [0.717, 1.165) is 0 Å². The van der Waals surface area contributed by atoms with Gasteiger partial charge >= 0.3 is 0 Å². The summed E-state index contributed by atoms with van der Waals surface area (Å²) in [6.07, 6.45) is 2.13. The van der Waals surface area contributed by atoms with Crippen LogP contribution in [0.1, 0.15) is 19.4 Å². The summed E-state index contributed by atoms with van der Waals surface area (Å²) >= 11 is 0. The first-order valence-corrected chi connectivity index (χ1v) is 6.27. The van der Waals surface area contributed by atoms with Gasteiger partial charge in [0.15, 0.2) is 0 Å². The van der Waals surface area contributed by atoms with Gasteiger partial charge in [0, 0.05) is 17.8 Å². The molecule has 2 N–H and O–H groups in total. The van der Waals surface area contributed by atoms with E-state index < -0.39 is 0 Å². The number of hydrogen-bond acceptors (Lipinski definition) is 4. The Kier molecular flexibility index (Phi) is 3.76. The van der Waals surface area contributed by atoms with Crippen molar-refractivity contribution in [1.29, 1.82) is 0 Å². The van der Waals surface area contributed by atoms with E-state index in [1.165, 1.54) is 0 Å². The van der Waals surface area contributed by atoms with Crippen molar-refractivity contribution >= 4 is 16.6 Å². The van der Waals surface area contributed by atoms with Crippen LogP contribution in [0.2, 0.25) is 0 Å². The third kappa shape index (κ3) is 2.71. The quantitative estimate of drug-likeness (QED) is 0.676. The Bertz CT molecular complexity index is 611. The average Bonchev–Trinajstić information content (AvgIpc) is 2.37. The summed E-state index contributed by atoms with van der Waals surface area (Å²) in [4.78, 5) is 15.1. The first-order valence-electron chi connectivity index (χ1n) is 6.27. The van der Waals surface area contributed by atoms with E-state index in [0.29, 0.717) is 22.9 Å². The van der Waals surface area contributed by atoms with Crippen molar-refractivity contribution in [2.45, 2.75) is 26.3 Å². The lowest BCUT2D eigenvalue weighted by atomic mass is 9.95. The molecule has 1 aromatic carbocycles. The van der Waals surface area contributed by atoms with Crippen molar-refractivity contribution in [1.82, 2.24) is 4.98 Å². The summed E-state index contributed by atoms with van der Waals surface area (Å²) < 4.78 is 0. The van der Waals surface area contributed by atoms with E-state index in [1.54, 1.807) is 24.4 Å². The van der Waals surface area contributed by atoms with E-state index >= 15 is 0 Å². The maximum absolute atomic E-state index is 11.3. The average molecular weight is 259 g/mol. The lowest BCUT2D eigenvalue weighted by Gasteiger charge is -2.15. The summed E-state index contributed by atoms with van der Waals surface area (Å²) in [6, 6.07) is 6.92. The van der Waals surface area contributed by atoms with Crippen LogP contribution in [-0.2, 0) is 6.42 Å². The van der Waals surface area contributed by atoms with Gasteiger partial charge in [0.25, 0.3) is 5.69 Å². The predicted molar refractivity (Wildman–Crippen MR) is 74.9 cm³/mol. The molecule has 2 rings (SSSR count). The Hall–Kier alpha value is -2.01. The second-order valence-corrected chi connectivity index (χ2v) is 5.01. The fraction of sp³-hybridized carbons (Fsp3) is 0.357. The Labute approximate surface area is 111 Å². The van der Waals surface area contributed by atoms with E-state index in [1.807, 2.05) is 19.9 Å². The maximum Gasteiger partial charge on any atom is 0.281 e. The van der Waals surface area contributed by atoms with E-state index in [9.17, 15) is 10.1 Å². The molecule has 0 saturated carbocycles. The number of hydrogen-bond donors (Lipinski definition) is 1. The van der Waals surface area contributed by atoms with Crippen molar-refractivity contribution in [3.8, 4) is 0 Å². The molecule has 1 atom stereocenters. The molecule has 5 nitrogen and oxygen atoms in total. The number of rotatable bonds is 4. The highest BCUT2D eigenvalue weighted by atomic mass is 16.6. The van der Waals surface area contributed by atoms with Crippen LogP contribution < -0.4 is 5.73 Å². The number of nitro groups is 1. The minimum Gasteiger partial charge on any atom is -0.327 e. The fourth-order valence-corrected chi connectivity index (χ4v) is 2.05. The smallest absolute Gasteiger partial charge is 0.281 e. The molecule has 0 fully saturated rings. The molecule has 0 aliphatic heterocycles. The Morgan fingerprint density at radius 2 is 2.11 bits per heavy atom. The van der Waals surface area contributed by atoms with Gasteiger partial charge in [-0.2, -0.15) is 0 Å². The molecule has 0 saturated heterocycles. The van der Waals surface area contributed by atoms with Crippen LogP contribution in [0.5, 0.6) is 0 Å². The highest BCUT2D eigenvalue weighted by Gasteiger charge is 2.21. The van der Waals surface area contributed by atoms with Crippen LogP contribution in [0.25, 0.3) is 10.9 Å². The lowest BCUT2D eigenvalue weighted by Crippen LogP contribution is -2.29. The van der Waals surface area contributed by atoms with Crippen molar-refractivity contribution in [3.63, 3.8) is 0 Å². The fourth-order valence-electron chi connectivity index (χ4n) is 2.05. The lowest BCUT2D eigenvalue weighted by molar-refractivity contribution is -0.383. The van der Waals surface area contributed by atoms with Crippen molar-refractivity contribution in [2.75, 3.05) is 0 Å². The SMILES string of the molecule is CC(C)C(N)Cc1ccc2ncccc2c1[N+](=O)[O-]. The summed E-state index contributed by atoms with van der Waals surface area (Å²) in [7, 11) is 0. The van der Waals surface area contributed by atoms with E-state index in [2.05, 4.69) is 4.98 Å². The van der Waals surface area contributed by atoms with Crippen LogP contribution in [0.15, 0.2) is 30.5 Å². The molecule has 2 aromatic rings.